The molecule has 0 radical (unpaired) electrons. The van der Waals surface area contributed by atoms with Crippen molar-refractivity contribution in [3.63, 3.8) is 0 Å². The highest BCUT2D eigenvalue weighted by Gasteiger charge is 2.08. The van der Waals surface area contributed by atoms with Crippen molar-refractivity contribution in [2.45, 2.75) is 25.9 Å². The first kappa shape index (κ1) is 13.1. The third-order valence-electron chi connectivity index (χ3n) is 3.02. The number of hydrogen-bond donors (Lipinski definition) is 1. The van der Waals surface area contributed by atoms with Gasteiger partial charge in [0.05, 0.1) is 6.10 Å². The highest BCUT2D eigenvalue weighted by molar-refractivity contribution is 6.33. The topological polar surface area (TPSA) is 20.2 Å². The Balaban J connectivity index is 2.36. The first-order valence-electron chi connectivity index (χ1n) is 6.25. The molecular formula is C16H17ClO. The number of aliphatic hydroxyl groups is 1. The van der Waals surface area contributed by atoms with Gasteiger partial charge in [0.2, 0.25) is 0 Å². The zero-order valence-electron chi connectivity index (χ0n) is 10.4. The lowest BCUT2D eigenvalue weighted by Crippen LogP contribution is -1.96. The van der Waals surface area contributed by atoms with E-state index in [9.17, 15) is 5.11 Å². The minimum atomic E-state index is -0.391. The van der Waals surface area contributed by atoms with Gasteiger partial charge in [-0.15, -0.1) is 0 Å². The molecule has 1 N–H and O–H groups in total. The first-order chi connectivity index (χ1) is 8.72. The van der Waals surface area contributed by atoms with Gasteiger partial charge in [0, 0.05) is 10.6 Å². The average molecular weight is 261 g/mol. The predicted molar refractivity (Wildman–Crippen MR) is 76.8 cm³/mol. The van der Waals surface area contributed by atoms with Gasteiger partial charge in [-0.2, -0.15) is 0 Å². The van der Waals surface area contributed by atoms with E-state index in [4.69, 9.17) is 11.6 Å². The number of rotatable bonds is 4. The van der Waals surface area contributed by atoms with E-state index in [0.717, 1.165) is 34.6 Å². The highest BCUT2D eigenvalue weighted by Crippen LogP contribution is 2.30. The van der Waals surface area contributed by atoms with E-state index in [-0.39, 0.29) is 0 Å². The summed E-state index contributed by atoms with van der Waals surface area (Å²) in [4.78, 5) is 0. The third-order valence-corrected chi connectivity index (χ3v) is 3.35. The van der Waals surface area contributed by atoms with Gasteiger partial charge in [0.25, 0.3) is 0 Å². The van der Waals surface area contributed by atoms with E-state index in [1.165, 1.54) is 0 Å². The zero-order chi connectivity index (χ0) is 13.0. The maximum Gasteiger partial charge on any atom is 0.0790 e. The van der Waals surface area contributed by atoms with Crippen LogP contribution in [0.3, 0.4) is 0 Å². The van der Waals surface area contributed by atoms with Crippen LogP contribution >= 0.6 is 11.6 Å². The van der Waals surface area contributed by atoms with Crippen LogP contribution in [0, 0.1) is 0 Å². The molecule has 0 aliphatic carbocycles. The Morgan fingerprint density at radius 1 is 1.11 bits per heavy atom. The second-order valence-electron chi connectivity index (χ2n) is 4.41. The van der Waals surface area contributed by atoms with E-state index in [2.05, 4.69) is 6.92 Å². The standard InChI is InChI=1S/C16H17ClO/c1-2-6-16(18)13-8-5-7-12(11-13)14-9-3-4-10-15(14)17/h3-5,7-11,16,18H,2,6H2,1H3. The van der Waals surface area contributed by atoms with Crippen LogP contribution in [0.2, 0.25) is 5.02 Å². The summed E-state index contributed by atoms with van der Waals surface area (Å²) < 4.78 is 0. The molecule has 18 heavy (non-hydrogen) atoms. The molecule has 0 spiro atoms. The summed E-state index contributed by atoms with van der Waals surface area (Å²) in [5, 5.41) is 10.8. The molecule has 2 heteroatoms. The van der Waals surface area contributed by atoms with Crippen molar-refractivity contribution in [3.05, 3.63) is 59.1 Å². The predicted octanol–water partition coefficient (Wildman–Crippen LogP) is 4.84. The Labute approximate surface area is 113 Å². The van der Waals surface area contributed by atoms with E-state index < -0.39 is 6.10 Å². The SMILES string of the molecule is CCCC(O)c1cccc(-c2ccccc2Cl)c1. The summed E-state index contributed by atoms with van der Waals surface area (Å²) in [6.07, 6.45) is 1.36. The monoisotopic (exact) mass is 260 g/mol. The lowest BCUT2D eigenvalue weighted by molar-refractivity contribution is 0.166. The van der Waals surface area contributed by atoms with Gasteiger partial charge in [-0.3, -0.25) is 0 Å². The Morgan fingerprint density at radius 3 is 2.61 bits per heavy atom. The molecule has 2 rings (SSSR count). The maximum atomic E-state index is 10.0. The van der Waals surface area contributed by atoms with Crippen molar-refractivity contribution in [1.82, 2.24) is 0 Å². The summed E-state index contributed by atoms with van der Waals surface area (Å²) in [6.45, 7) is 2.07. The van der Waals surface area contributed by atoms with Crippen molar-refractivity contribution in [3.8, 4) is 11.1 Å². The number of aliphatic hydroxyl groups excluding tert-OH is 1. The van der Waals surface area contributed by atoms with Crippen LogP contribution in [0.15, 0.2) is 48.5 Å². The molecule has 0 fully saturated rings. The van der Waals surface area contributed by atoms with Gasteiger partial charge < -0.3 is 5.11 Å². The van der Waals surface area contributed by atoms with E-state index >= 15 is 0 Å². The number of halogens is 1. The lowest BCUT2D eigenvalue weighted by Gasteiger charge is -2.12. The van der Waals surface area contributed by atoms with Crippen LogP contribution in [0.5, 0.6) is 0 Å². The Morgan fingerprint density at radius 2 is 1.89 bits per heavy atom. The summed E-state index contributed by atoms with van der Waals surface area (Å²) >= 11 is 6.19. The van der Waals surface area contributed by atoms with Gasteiger partial charge in [-0.1, -0.05) is 61.3 Å². The normalized spacial score (nSPS) is 12.4. The van der Waals surface area contributed by atoms with Gasteiger partial charge >= 0.3 is 0 Å². The first-order valence-corrected chi connectivity index (χ1v) is 6.63. The molecule has 0 aliphatic rings. The number of benzene rings is 2. The quantitative estimate of drug-likeness (QED) is 0.834. The molecule has 1 unspecified atom stereocenters. The molecule has 2 aromatic rings. The molecule has 1 atom stereocenters. The van der Waals surface area contributed by atoms with E-state index in [1.807, 2.05) is 48.5 Å². The van der Waals surface area contributed by atoms with Gasteiger partial charge in [0.1, 0.15) is 0 Å². The smallest absolute Gasteiger partial charge is 0.0790 e. The third kappa shape index (κ3) is 2.92. The molecule has 0 saturated heterocycles. The van der Waals surface area contributed by atoms with Crippen molar-refractivity contribution in [1.29, 1.82) is 0 Å². The molecule has 0 heterocycles. The second kappa shape index (κ2) is 6.03. The summed E-state index contributed by atoms with van der Waals surface area (Å²) in [7, 11) is 0. The van der Waals surface area contributed by atoms with Crippen LogP contribution in [0.4, 0.5) is 0 Å². The molecule has 0 aromatic heterocycles. The molecule has 0 bridgehead atoms. The van der Waals surface area contributed by atoms with Crippen molar-refractivity contribution in [2.75, 3.05) is 0 Å². The van der Waals surface area contributed by atoms with Crippen LogP contribution in [0.1, 0.15) is 31.4 Å². The summed E-state index contributed by atoms with van der Waals surface area (Å²) in [5.41, 5.74) is 3.01. The molecule has 0 amide bonds. The summed E-state index contributed by atoms with van der Waals surface area (Å²) in [5.74, 6) is 0. The van der Waals surface area contributed by atoms with Crippen molar-refractivity contribution in [2.24, 2.45) is 0 Å². The fraction of sp³-hybridized carbons (Fsp3) is 0.250. The zero-order valence-corrected chi connectivity index (χ0v) is 11.2. The lowest BCUT2D eigenvalue weighted by atomic mass is 9.99. The van der Waals surface area contributed by atoms with Gasteiger partial charge in [-0.05, 0) is 29.7 Å². The second-order valence-corrected chi connectivity index (χ2v) is 4.82. The molecule has 0 saturated carbocycles. The molecule has 0 aliphatic heterocycles. The Hall–Kier alpha value is -1.31. The fourth-order valence-electron chi connectivity index (χ4n) is 2.05. The van der Waals surface area contributed by atoms with Gasteiger partial charge in [-0.25, -0.2) is 0 Å². The van der Waals surface area contributed by atoms with E-state index in [1.54, 1.807) is 0 Å². The number of hydrogen-bond acceptors (Lipinski definition) is 1. The van der Waals surface area contributed by atoms with Gasteiger partial charge in [0.15, 0.2) is 0 Å². The average Bonchev–Trinajstić information content (AvgIpc) is 2.40. The molecular weight excluding hydrogens is 244 g/mol. The Kier molecular flexibility index (Phi) is 4.40. The van der Waals surface area contributed by atoms with Crippen molar-refractivity contribution < 1.29 is 5.11 Å². The largest absolute Gasteiger partial charge is 0.388 e. The van der Waals surface area contributed by atoms with E-state index in [0.29, 0.717) is 0 Å². The van der Waals surface area contributed by atoms with Crippen LogP contribution in [0.25, 0.3) is 11.1 Å². The van der Waals surface area contributed by atoms with Crippen LogP contribution in [-0.2, 0) is 0 Å². The maximum absolute atomic E-state index is 10.0. The van der Waals surface area contributed by atoms with Crippen LogP contribution < -0.4 is 0 Å². The fourth-order valence-corrected chi connectivity index (χ4v) is 2.29. The molecule has 1 nitrogen and oxygen atoms in total. The van der Waals surface area contributed by atoms with Crippen LogP contribution in [-0.4, -0.2) is 5.11 Å². The molecule has 2 aromatic carbocycles. The van der Waals surface area contributed by atoms with Crippen molar-refractivity contribution >= 4 is 11.6 Å². The molecule has 94 valence electrons. The highest BCUT2D eigenvalue weighted by atomic mass is 35.5. The minimum Gasteiger partial charge on any atom is -0.388 e. The summed E-state index contributed by atoms with van der Waals surface area (Å²) in [6, 6.07) is 15.7. The Bertz CT molecular complexity index is 522. The minimum absolute atomic E-state index is 0.391.